The molecule has 0 unspecified atom stereocenters. The molecule has 3 rings (SSSR count). The van der Waals surface area contributed by atoms with Gasteiger partial charge in [-0.25, -0.2) is 0 Å². The van der Waals surface area contributed by atoms with E-state index < -0.39 is 19.0 Å². The summed E-state index contributed by atoms with van der Waals surface area (Å²) in [6.45, 7) is 4.10. The van der Waals surface area contributed by atoms with E-state index in [4.69, 9.17) is 0 Å². The van der Waals surface area contributed by atoms with E-state index in [1.165, 1.54) is 11.1 Å². The highest BCUT2D eigenvalue weighted by Crippen LogP contribution is 2.45. The van der Waals surface area contributed by atoms with Crippen LogP contribution in [0.1, 0.15) is 30.0 Å². The molecule has 2 fully saturated rings. The zero-order valence-electron chi connectivity index (χ0n) is 14.4. The van der Waals surface area contributed by atoms with Crippen molar-refractivity contribution in [2.45, 2.75) is 32.0 Å². The quantitative estimate of drug-likeness (QED) is 0.800. The maximum Gasteiger partial charge on any atom is 0.389 e. The van der Waals surface area contributed by atoms with Crippen molar-refractivity contribution in [1.82, 2.24) is 9.80 Å². The third kappa shape index (κ3) is 4.29. The van der Waals surface area contributed by atoms with Crippen molar-refractivity contribution in [2.75, 3.05) is 26.7 Å². The van der Waals surface area contributed by atoms with Gasteiger partial charge in [-0.1, -0.05) is 24.3 Å². The van der Waals surface area contributed by atoms with E-state index in [-0.39, 0.29) is 24.4 Å². The fourth-order valence-corrected chi connectivity index (χ4v) is 4.25. The van der Waals surface area contributed by atoms with E-state index in [1.807, 2.05) is 12.1 Å². The van der Waals surface area contributed by atoms with Gasteiger partial charge in [0.2, 0.25) is 5.91 Å². The summed E-state index contributed by atoms with van der Waals surface area (Å²) in [4.78, 5) is 16.1. The van der Waals surface area contributed by atoms with Crippen LogP contribution in [0.25, 0.3) is 0 Å². The summed E-state index contributed by atoms with van der Waals surface area (Å²) in [5.41, 5.74) is 2.48. The Hall–Kier alpha value is -1.27. The molecule has 1 amide bonds. The van der Waals surface area contributed by atoms with Crippen LogP contribution in [0.3, 0.4) is 0 Å². The van der Waals surface area contributed by atoms with Crippen LogP contribution in [-0.4, -0.2) is 48.6 Å². The summed E-state index contributed by atoms with van der Waals surface area (Å²) in [7, 11) is 2.09. The first kappa shape index (κ1) is 20.0. The van der Waals surface area contributed by atoms with Gasteiger partial charge >= 0.3 is 6.18 Å². The number of halogens is 4. The van der Waals surface area contributed by atoms with Crippen LogP contribution in [0.4, 0.5) is 13.2 Å². The van der Waals surface area contributed by atoms with E-state index in [2.05, 4.69) is 31.0 Å². The first-order valence-electron chi connectivity index (χ1n) is 8.36. The number of carbonyl (C=O) groups is 1. The third-order valence-corrected chi connectivity index (χ3v) is 5.38. The number of benzene rings is 1. The second kappa shape index (κ2) is 7.54. The minimum Gasteiger partial charge on any atom is -0.342 e. The van der Waals surface area contributed by atoms with Crippen LogP contribution in [0, 0.1) is 18.8 Å². The number of likely N-dealkylation sites (tertiary alicyclic amines) is 2. The smallest absolute Gasteiger partial charge is 0.342 e. The number of aryl methyl sites for hydroxylation is 1. The van der Waals surface area contributed by atoms with Gasteiger partial charge in [0.25, 0.3) is 0 Å². The maximum atomic E-state index is 12.3. The molecule has 0 saturated carbocycles. The van der Waals surface area contributed by atoms with Crippen molar-refractivity contribution in [2.24, 2.45) is 11.8 Å². The Labute approximate surface area is 152 Å². The highest BCUT2D eigenvalue weighted by Gasteiger charge is 2.47. The molecule has 7 heteroatoms. The summed E-state index contributed by atoms with van der Waals surface area (Å²) in [6, 6.07) is 8.46. The van der Waals surface area contributed by atoms with Crippen molar-refractivity contribution in [3.8, 4) is 0 Å². The van der Waals surface area contributed by atoms with E-state index in [9.17, 15) is 18.0 Å². The van der Waals surface area contributed by atoms with Gasteiger partial charge in [-0.15, -0.1) is 12.4 Å². The van der Waals surface area contributed by atoms with Gasteiger partial charge in [0.15, 0.2) is 0 Å². The SMILES string of the molecule is Cc1ccccc1[C@H]1[C@@H]2CN(C(=O)CCC(F)(F)F)C[C@@H]2CN1C.Cl. The van der Waals surface area contributed by atoms with Gasteiger partial charge in [0, 0.05) is 38.0 Å². The molecule has 0 radical (unpaired) electrons. The lowest BCUT2D eigenvalue weighted by Gasteiger charge is -2.28. The van der Waals surface area contributed by atoms with Crippen LogP contribution in [0.15, 0.2) is 24.3 Å². The molecule has 2 saturated heterocycles. The topological polar surface area (TPSA) is 23.6 Å². The Balaban J connectivity index is 0.00000225. The number of amides is 1. The summed E-state index contributed by atoms with van der Waals surface area (Å²) >= 11 is 0. The lowest BCUT2D eigenvalue weighted by molar-refractivity contribution is -0.148. The molecule has 3 nitrogen and oxygen atoms in total. The van der Waals surface area contributed by atoms with E-state index in [0.29, 0.717) is 24.9 Å². The highest BCUT2D eigenvalue weighted by atomic mass is 35.5. The van der Waals surface area contributed by atoms with E-state index in [1.54, 1.807) is 4.90 Å². The molecular formula is C18H24ClF3N2O. The number of alkyl halides is 3. The lowest BCUT2D eigenvalue weighted by Crippen LogP contribution is -2.34. The van der Waals surface area contributed by atoms with Crippen LogP contribution in [0.2, 0.25) is 0 Å². The first-order valence-corrected chi connectivity index (χ1v) is 8.36. The molecule has 0 spiro atoms. The molecule has 0 N–H and O–H groups in total. The summed E-state index contributed by atoms with van der Waals surface area (Å²) in [5, 5.41) is 0. The van der Waals surface area contributed by atoms with Crippen LogP contribution in [-0.2, 0) is 4.79 Å². The molecule has 3 atom stereocenters. The Morgan fingerprint density at radius 1 is 1.20 bits per heavy atom. The largest absolute Gasteiger partial charge is 0.389 e. The Kier molecular flexibility index (Phi) is 6.05. The maximum absolute atomic E-state index is 12.3. The van der Waals surface area contributed by atoms with Crippen molar-refractivity contribution < 1.29 is 18.0 Å². The number of rotatable bonds is 3. The van der Waals surface area contributed by atoms with Crippen molar-refractivity contribution in [1.29, 1.82) is 0 Å². The van der Waals surface area contributed by atoms with Gasteiger partial charge in [0.05, 0.1) is 6.42 Å². The van der Waals surface area contributed by atoms with Crippen LogP contribution in [0.5, 0.6) is 0 Å². The predicted molar refractivity (Wildman–Crippen MR) is 92.6 cm³/mol. The first-order chi connectivity index (χ1) is 11.3. The minimum atomic E-state index is -4.27. The normalized spacial score (nSPS) is 26.4. The zero-order valence-corrected chi connectivity index (χ0v) is 15.2. The summed E-state index contributed by atoms with van der Waals surface area (Å²) in [5.74, 6) is 0.272. The average Bonchev–Trinajstić information content (AvgIpc) is 3.02. The predicted octanol–water partition coefficient (Wildman–Crippen LogP) is 3.82. The zero-order chi connectivity index (χ0) is 17.5. The second-order valence-electron chi connectivity index (χ2n) is 7.08. The fourth-order valence-electron chi connectivity index (χ4n) is 4.25. The Bertz CT molecular complexity index is 623. The molecule has 140 valence electrons. The van der Waals surface area contributed by atoms with Crippen molar-refractivity contribution in [3.63, 3.8) is 0 Å². The van der Waals surface area contributed by atoms with Crippen LogP contribution < -0.4 is 0 Å². The third-order valence-electron chi connectivity index (χ3n) is 5.38. The van der Waals surface area contributed by atoms with Gasteiger partial charge in [-0.2, -0.15) is 13.2 Å². The molecule has 0 aliphatic carbocycles. The summed E-state index contributed by atoms with van der Waals surface area (Å²) < 4.78 is 37.0. The molecule has 1 aromatic carbocycles. The molecule has 0 bridgehead atoms. The lowest BCUT2D eigenvalue weighted by atomic mass is 9.88. The molecular weight excluding hydrogens is 353 g/mol. The van der Waals surface area contributed by atoms with E-state index in [0.717, 1.165) is 6.54 Å². The van der Waals surface area contributed by atoms with Crippen molar-refractivity contribution >= 4 is 18.3 Å². The Morgan fingerprint density at radius 2 is 1.88 bits per heavy atom. The molecule has 0 aromatic heterocycles. The van der Waals surface area contributed by atoms with Gasteiger partial charge < -0.3 is 4.90 Å². The average molecular weight is 377 g/mol. The molecule has 2 aliphatic rings. The molecule has 1 aromatic rings. The second-order valence-corrected chi connectivity index (χ2v) is 7.08. The number of fused-ring (bicyclic) bond motifs is 1. The molecule has 2 heterocycles. The number of carbonyl (C=O) groups excluding carboxylic acids is 1. The number of nitrogens with zero attached hydrogens (tertiary/aromatic N) is 2. The number of hydrogen-bond donors (Lipinski definition) is 0. The minimum absolute atomic E-state index is 0. The van der Waals surface area contributed by atoms with Gasteiger partial charge in [0.1, 0.15) is 0 Å². The fraction of sp³-hybridized carbons (Fsp3) is 0.611. The van der Waals surface area contributed by atoms with Crippen molar-refractivity contribution in [3.05, 3.63) is 35.4 Å². The highest BCUT2D eigenvalue weighted by molar-refractivity contribution is 5.85. The molecule has 25 heavy (non-hydrogen) atoms. The Morgan fingerprint density at radius 3 is 2.52 bits per heavy atom. The van der Waals surface area contributed by atoms with E-state index >= 15 is 0 Å². The van der Waals surface area contributed by atoms with Gasteiger partial charge in [-0.3, -0.25) is 9.69 Å². The summed E-state index contributed by atoms with van der Waals surface area (Å²) in [6.07, 6.45) is -5.73. The monoisotopic (exact) mass is 376 g/mol. The standard InChI is InChI=1S/C18H23F3N2O.ClH/c1-12-5-3-4-6-14(12)17-15-11-23(10-13(15)9-22(17)2)16(24)7-8-18(19,20)21;/h3-6,13,15,17H,7-11H2,1-2H3;1H/t13-,15+,17-;/m0./s1. The number of hydrogen-bond acceptors (Lipinski definition) is 2. The van der Waals surface area contributed by atoms with Gasteiger partial charge in [-0.05, 0) is 31.0 Å². The van der Waals surface area contributed by atoms with Crippen LogP contribution >= 0.6 is 12.4 Å². The molecule has 2 aliphatic heterocycles.